The summed E-state index contributed by atoms with van der Waals surface area (Å²) in [6.07, 6.45) is 3.42. The number of aromatic nitrogens is 2. The van der Waals surface area contributed by atoms with Crippen LogP contribution in [0.15, 0.2) is 42.5 Å². The summed E-state index contributed by atoms with van der Waals surface area (Å²) in [6.45, 7) is 3.36. The molecule has 0 aliphatic carbocycles. The molecule has 1 N–H and O–H groups in total. The van der Waals surface area contributed by atoms with Gasteiger partial charge in [-0.1, -0.05) is 30.3 Å². The Hall–Kier alpha value is -2.73. The van der Waals surface area contributed by atoms with Gasteiger partial charge in [0.1, 0.15) is 11.9 Å². The van der Waals surface area contributed by atoms with Gasteiger partial charge in [-0.05, 0) is 18.6 Å². The molecule has 1 atom stereocenters. The van der Waals surface area contributed by atoms with E-state index in [0.717, 1.165) is 17.1 Å². The van der Waals surface area contributed by atoms with Crippen LogP contribution in [0, 0.1) is 6.92 Å². The van der Waals surface area contributed by atoms with E-state index in [1.165, 1.54) is 0 Å². The summed E-state index contributed by atoms with van der Waals surface area (Å²) in [4.78, 5) is 23.5. The Bertz CT molecular complexity index is 761. The third-order valence-corrected chi connectivity index (χ3v) is 4.06. The van der Waals surface area contributed by atoms with Gasteiger partial charge in [0.2, 0.25) is 5.91 Å². The van der Waals surface area contributed by atoms with Crippen molar-refractivity contribution < 1.29 is 9.53 Å². The first kappa shape index (κ1) is 17.1. The molecule has 1 aromatic carbocycles. The lowest BCUT2D eigenvalue weighted by molar-refractivity contribution is -0.135. The summed E-state index contributed by atoms with van der Waals surface area (Å²) in [5.41, 5.74) is 1.84. The SMILES string of the molecule is CNc1cc(C)nc([C@@H]2COCCN2C(=O)/C=C/c2ccccc2)n1. The number of morpholine rings is 1. The Kier molecular flexibility index (Phi) is 5.40. The van der Waals surface area contributed by atoms with Crippen LogP contribution in [0.3, 0.4) is 0 Å². The molecule has 1 aliphatic rings. The van der Waals surface area contributed by atoms with Crippen molar-refractivity contribution in [3.63, 3.8) is 0 Å². The maximum atomic E-state index is 12.7. The molecule has 2 aromatic rings. The highest BCUT2D eigenvalue weighted by Gasteiger charge is 2.30. The van der Waals surface area contributed by atoms with Crippen LogP contribution in [0.25, 0.3) is 6.08 Å². The van der Waals surface area contributed by atoms with Gasteiger partial charge < -0.3 is 15.0 Å². The van der Waals surface area contributed by atoms with E-state index in [-0.39, 0.29) is 11.9 Å². The van der Waals surface area contributed by atoms with E-state index in [2.05, 4.69) is 15.3 Å². The number of nitrogens with zero attached hydrogens (tertiary/aromatic N) is 3. The van der Waals surface area contributed by atoms with E-state index in [1.54, 1.807) is 11.0 Å². The van der Waals surface area contributed by atoms with Crippen LogP contribution < -0.4 is 5.32 Å². The first-order chi connectivity index (χ1) is 12.2. The third-order valence-electron chi connectivity index (χ3n) is 4.06. The first-order valence-corrected chi connectivity index (χ1v) is 8.32. The number of ether oxygens (including phenoxy) is 1. The molecule has 0 saturated carbocycles. The maximum Gasteiger partial charge on any atom is 0.247 e. The van der Waals surface area contributed by atoms with Gasteiger partial charge >= 0.3 is 0 Å². The van der Waals surface area contributed by atoms with E-state index in [4.69, 9.17) is 4.74 Å². The van der Waals surface area contributed by atoms with E-state index < -0.39 is 0 Å². The monoisotopic (exact) mass is 338 g/mol. The number of anilines is 1. The van der Waals surface area contributed by atoms with Crippen LogP contribution in [0.5, 0.6) is 0 Å². The van der Waals surface area contributed by atoms with Crippen molar-refractivity contribution in [2.24, 2.45) is 0 Å². The summed E-state index contributed by atoms with van der Waals surface area (Å²) in [6, 6.07) is 11.4. The van der Waals surface area contributed by atoms with Crippen LogP contribution >= 0.6 is 0 Å². The highest BCUT2D eigenvalue weighted by atomic mass is 16.5. The zero-order valence-electron chi connectivity index (χ0n) is 14.5. The van der Waals surface area contributed by atoms with Crippen molar-refractivity contribution in [3.05, 3.63) is 59.6 Å². The molecular formula is C19H22N4O2. The third kappa shape index (κ3) is 4.22. The van der Waals surface area contributed by atoms with Crippen molar-refractivity contribution in [3.8, 4) is 0 Å². The van der Waals surface area contributed by atoms with Gasteiger partial charge in [0.05, 0.1) is 13.2 Å². The van der Waals surface area contributed by atoms with Crippen LogP contribution in [0.1, 0.15) is 23.1 Å². The Morgan fingerprint density at radius 2 is 2.12 bits per heavy atom. The minimum Gasteiger partial charge on any atom is -0.377 e. The molecule has 1 saturated heterocycles. The van der Waals surface area contributed by atoms with Crippen molar-refractivity contribution in [2.75, 3.05) is 32.1 Å². The Balaban J connectivity index is 1.82. The molecule has 1 aliphatic heterocycles. The first-order valence-electron chi connectivity index (χ1n) is 8.32. The zero-order valence-corrected chi connectivity index (χ0v) is 14.5. The van der Waals surface area contributed by atoms with Gasteiger partial charge in [-0.3, -0.25) is 4.79 Å². The quantitative estimate of drug-likeness (QED) is 0.867. The average molecular weight is 338 g/mol. The van der Waals surface area contributed by atoms with Crippen LogP contribution in [-0.4, -0.2) is 47.6 Å². The van der Waals surface area contributed by atoms with E-state index in [9.17, 15) is 4.79 Å². The summed E-state index contributed by atoms with van der Waals surface area (Å²) < 4.78 is 5.57. The number of aryl methyl sites for hydroxylation is 1. The number of amides is 1. The molecule has 1 aromatic heterocycles. The number of carbonyl (C=O) groups is 1. The fourth-order valence-electron chi connectivity index (χ4n) is 2.78. The fraction of sp³-hybridized carbons (Fsp3) is 0.316. The lowest BCUT2D eigenvalue weighted by atomic mass is 10.1. The number of nitrogens with one attached hydrogen (secondary N) is 1. The van der Waals surface area contributed by atoms with Gasteiger partial charge in [-0.2, -0.15) is 0 Å². The largest absolute Gasteiger partial charge is 0.377 e. The van der Waals surface area contributed by atoms with Crippen LogP contribution in [-0.2, 0) is 9.53 Å². The van der Waals surface area contributed by atoms with Crippen molar-refractivity contribution >= 4 is 17.8 Å². The van der Waals surface area contributed by atoms with E-state index in [0.29, 0.717) is 25.6 Å². The minimum atomic E-state index is -0.284. The fourth-order valence-corrected chi connectivity index (χ4v) is 2.78. The summed E-state index contributed by atoms with van der Waals surface area (Å²) in [5.74, 6) is 1.28. The Labute approximate surface area is 147 Å². The molecule has 2 heterocycles. The Morgan fingerprint density at radius 3 is 2.88 bits per heavy atom. The van der Waals surface area contributed by atoms with Gasteiger partial charge in [0.15, 0.2) is 5.82 Å². The molecule has 25 heavy (non-hydrogen) atoms. The lowest BCUT2D eigenvalue weighted by Gasteiger charge is -2.34. The van der Waals surface area contributed by atoms with E-state index >= 15 is 0 Å². The number of benzene rings is 1. The standard InChI is InChI=1S/C19H22N4O2/c1-14-12-17(20-2)22-19(21-14)16-13-25-11-10-23(16)18(24)9-8-15-6-4-3-5-7-15/h3-9,12,16H,10-11,13H2,1-2H3,(H,20,21,22)/b9-8+/t16-/m0/s1. The molecule has 6 nitrogen and oxygen atoms in total. The van der Waals surface area contributed by atoms with Gasteiger partial charge in [-0.15, -0.1) is 0 Å². The number of carbonyl (C=O) groups excluding carboxylic acids is 1. The van der Waals surface area contributed by atoms with Crippen LogP contribution in [0.4, 0.5) is 5.82 Å². The number of rotatable bonds is 4. The zero-order chi connectivity index (χ0) is 17.6. The molecule has 0 spiro atoms. The summed E-state index contributed by atoms with van der Waals surface area (Å²) >= 11 is 0. The maximum absolute atomic E-state index is 12.7. The predicted octanol–water partition coefficient (Wildman–Crippen LogP) is 2.44. The topological polar surface area (TPSA) is 67.4 Å². The predicted molar refractivity (Wildman–Crippen MR) is 97.1 cm³/mol. The smallest absolute Gasteiger partial charge is 0.247 e. The minimum absolute atomic E-state index is 0.0618. The molecule has 130 valence electrons. The normalized spacial score (nSPS) is 17.7. The second kappa shape index (κ2) is 7.90. The van der Waals surface area contributed by atoms with E-state index in [1.807, 2.05) is 56.4 Å². The van der Waals surface area contributed by atoms with Gasteiger partial charge in [0, 0.05) is 31.4 Å². The summed E-state index contributed by atoms with van der Waals surface area (Å²) in [5, 5.41) is 3.03. The van der Waals surface area contributed by atoms with Gasteiger partial charge in [0.25, 0.3) is 0 Å². The molecule has 0 radical (unpaired) electrons. The van der Waals surface area contributed by atoms with Crippen molar-refractivity contribution in [1.82, 2.24) is 14.9 Å². The molecule has 6 heteroatoms. The van der Waals surface area contributed by atoms with Crippen LogP contribution in [0.2, 0.25) is 0 Å². The molecule has 1 fully saturated rings. The highest BCUT2D eigenvalue weighted by molar-refractivity contribution is 5.92. The molecule has 0 bridgehead atoms. The van der Waals surface area contributed by atoms with Crippen molar-refractivity contribution in [2.45, 2.75) is 13.0 Å². The second-order valence-electron chi connectivity index (χ2n) is 5.87. The average Bonchev–Trinajstić information content (AvgIpc) is 2.66. The van der Waals surface area contributed by atoms with Crippen molar-refractivity contribution in [1.29, 1.82) is 0 Å². The Morgan fingerprint density at radius 1 is 1.32 bits per heavy atom. The molecule has 0 unspecified atom stereocenters. The lowest BCUT2D eigenvalue weighted by Crippen LogP contribution is -2.43. The summed E-state index contributed by atoms with van der Waals surface area (Å²) in [7, 11) is 1.81. The number of hydrogen-bond acceptors (Lipinski definition) is 5. The molecule has 3 rings (SSSR count). The highest BCUT2D eigenvalue weighted by Crippen LogP contribution is 2.23. The van der Waals surface area contributed by atoms with Gasteiger partial charge in [-0.25, -0.2) is 9.97 Å². The number of hydrogen-bond donors (Lipinski definition) is 1. The molecular weight excluding hydrogens is 316 g/mol. The second-order valence-corrected chi connectivity index (χ2v) is 5.87. The molecule has 1 amide bonds.